The summed E-state index contributed by atoms with van der Waals surface area (Å²) in [6, 6.07) is 8.19. The number of benzene rings is 1. The maximum Gasteiger partial charge on any atom is 0.126 e. The SMILES string of the molecule is NCCNc1ccc2cc(F)ccc2n1. The van der Waals surface area contributed by atoms with Crippen LogP contribution in [-0.2, 0) is 0 Å². The van der Waals surface area contributed by atoms with Gasteiger partial charge in [0.2, 0.25) is 0 Å². The number of rotatable bonds is 3. The third-order valence-electron chi connectivity index (χ3n) is 2.10. The van der Waals surface area contributed by atoms with E-state index in [-0.39, 0.29) is 5.82 Å². The van der Waals surface area contributed by atoms with E-state index in [9.17, 15) is 4.39 Å². The van der Waals surface area contributed by atoms with Crippen molar-refractivity contribution in [3.05, 3.63) is 36.1 Å². The quantitative estimate of drug-likeness (QED) is 0.802. The minimum Gasteiger partial charge on any atom is -0.369 e. The van der Waals surface area contributed by atoms with Crippen molar-refractivity contribution in [2.75, 3.05) is 18.4 Å². The van der Waals surface area contributed by atoms with Gasteiger partial charge in [0.05, 0.1) is 5.52 Å². The smallest absolute Gasteiger partial charge is 0.126 e. The fraction of sp³-hybridized carbons (Fsp3) is 0.182. The predicted molar refractivity (Wildman–Crippen MR) is 59.2 cm³/mol. The maximum absolute atomic E-state index is 12.9. The monoisotopic (exact) mass is 205 g/mol. The number of nitrogens with zero attached hydrogens (tertiary/aromatic N) is 1. The van der Waals surface area contributed by atoms with Crippen molar-refractivity contribution in [2.45, 2.75) is 0 Å². The van der Waals surface area contributed by atoms with Crippen LogP contribution >= 0.6 is 0 Å². The average molecular weight is 205 g/mol. The summed E-state index contributed by atoms with van der Waals surface area (Å²) in [5.74, 6) is 0.520. The molecule has 0 spiro atoms. The molecule has 15 heavy (non-hydrogen) atoms. The lowest BCUT2D eigenvalue weighted by Crippen LogP contribution is -2.13. The Kier molecular flexibility index (Phi) is 2.78. The van der Waals surface area contributed by atoms with Gasteiger partial charge in [0.25, 0.3) is 0 Å². The number of nitrogens with two attached hydrogens (primary N) is 1. The third-order valence-corrected chi connectivity index (χ3v) is 2.10. The van der Waals surface area contributed by atoms with Crippen molar-refractivity contribution in [1.29, 1.82) is 0 Å². The first-order valence-corrected chi connectivity index (χ1v) is 4.80. The van der Waals surface area contributed by atoms with Gasteiger partial charge in [0.15, 0.2) is 0 Å². The fourth-order valence-electron chi connectivity index (χ4n) is 1.40. The zero-order valence-corrected chi connectivity index (χ0v) is 8.20. The second-order valence-corrected chi connectivity index (χ2v) is 3.25. The van der Waals surface area contributed by atoms with Crippen molar-refractivity contribution in [3.63, 3.8) is 0 Å². The molecule has 1 aromatic heterocycles. The Morgan fingerprint density at radius 1 is 1.27 bits per heavy atom. The van der Waals surface area contributed by atoms with Crippen molar-refractivity contribution < 1.29 is 4.39 Å². The number of hydrogen-bond acceptors (Lipinski definition) is 3. The molecule has 0 saturated heterocycles. The zero-order valence-electron chi connectivity index (χ0n) is 8.20. The molecule has 2 rings (SSSR count). The summed E-state index contributed by atoms with van der Waals surface area (Å²) in [5, 5.41) is 3.87. The topological polar surface area (TPSA) is 50.9 Å². The van der Waals surface area contributed by atoms with Gasteiger partial charge in [-0.2, -0.15) is 0 Å². The molecule has 0 aliphatic rings. The van der Waals surface area contributed by atoms with Crippen LogP contribution in [0.2, 0.25) is 0 Å². The molecule has 1 aromatic carbocycles. The standard InChI is InChI=1S/C11H12FN3/c12-9-2-3-10-8(7-9)1-4-11(15-10)14-6-5-13/h1-4,7H,5-6,13H2,(H,14,15). The van der Waals surface area contributed by atoms with Crippen LogP contribution in [0.3, 0.4) is 0 Å². The number of anilines is 1. The van der Waals surface area contributed by atoms with Crippen molar-refractivity contribution >= 4 is 16.7 Å². The van der Waals surface area contributed by atoms with E-state index in [0.29, 0.717) is 13.1 Å². The molecule has 0 fully saturated rings. The molecule has 0 amide bonds. The summed E-state index contributed by atoms with van der Waals surface area (Å²) >= 11 is 0. The molecule has 78 valence electrons. The van der Waals surface area contributed by atoms with Gasteiger partial charge in [-0.15, -0.1) is 0 Å². The lowest BCUT2D eigenvalue weighted by molar-refractivity contribution is 0.629. The van der Waals surface area contributed by atoms with Gasteiger partial charge in [0, 0.05) is 18.5 Å². The highest BCUT2D eigenvalue weighted by Crippen LogP contribution is 2.15. The van der Waals surface area contributed by atoms with Crippen LogP contribution in [0.1, 0.15) is 0 Å². The molecular weight excluding hydrogens is 193 g/mol. The summed E-state index contributed by atoms with van der Waals surface area (Å²) < 4.78 is 12.9. The first-order chi connectivity index (χ1) is 7.29. The van der Waals surface area contributed by atoms with Gasteiger partial charge >= 0.3 is 0 Å². The number of aromatic nitrogens is 1. The van der Waals surface area contributed by atoms with E-state index in [2.05, 4.69) is 10.3 Å². The van der Waals surface area contributed by atoms with Gasteiger partial charge < -0.3 is 11.1 Å². The Balaban J connectivity index is 2.34. The van der Waals surface area contributed by atoms with Gasteiger partial charge in [0.1, 0.15) is 11.6 Å². The lowest BCUT2D eigenvalue weighted by atomic mass is 10.2. The van der Waals surface area contributed by atoms with Gasteiger partial charge in [-0.05, 0) is 30.3 Å². The van der Waals surface area contributed by atoms with Gasteiger partial charge in [-0.1, -0.05) is 0 Å². The van der Waals surface area contributed by atoms with E-state index in [1.54, 1.807) is 6.07 Å². The minimum atomic E-state index is -0.244. The minimum absolute atomic E-state index is 0.244. The Morgan fingerprint density at radius 3 is 2.93 bits per heavy atom. The summed E-state index contributed by atoms with van der Waals surface area (Å²) in [5.41, 5.74) is 6.15. The van der Waals surface area contributed by atoms with Gasteiger partial charge in [-0.3, -0.25) is 0 Å². The molecule has 0 bridgehead atoms. The third kappa shape index (κ3) is 2.22. The van der Waals surface area contributed by atoms with Crippen molar-refractivity contribution in [3.8, 4) is 0 Å². The van der Waals surface area contributed by atoms with Crippen LogP contribution in [-0.4, -0.2) is 18.1 Å². The Hall–Kier alpha value is -1.68. The van der Waals surface area contributed by atoms with Crippen LogP contribution in [0.15, 0.2) is 30.3 Å². The molecule has 0 radical (unpaired) electrons. The van der Waals surface area contributed by atoms with Crippen LogP contribution in [0.5, 0.6) is 0 Å². The van der Waals surface area contributed by atoms with E-state index in [1.807, 2.05) is 12.1 Å². The van der Waals surface area contributed by atoms with E-state index in [0.717, 1.165) is 16.7 Å². The Labute approximate surface area is 87.1 Å². The van der Waals surface area contributed by atoms with Crippen LogP contribution in [0.4, 0.5) is 10.2 Å². The second kappa shape index (κ2) is 4.23. The summed E-state index contributed by atoms with van der Waals surface area (Å²) in [7, 11) is 0. The molecule has 4 heteroatoms. The molecule has 0 atom stereocenters. The average Bonchev–Trinajstić information content (AvgIpc) is 2.26. The van der Waals surface area contributed by atoms with E-state index in [4.69, 9.17) is 5.73 Å². The molecule has 3 N–H and O–H groups in total. The van der Waals surface area contributed by atoms with Crippen molar-refractivity contribution in [2.24, 2.45) is 5.73 Å². The first-order valence-electron chi connectivity index (χ1n) is 4.80. The fourth-order valence-corrected chi connectivity index (χ4v) is 1.40. The molecule has 0 aliphatic carbocycles. The molecule has 0 saturated carbocycles. The number of pyridine rings is 1. The highest BCUT2D eigenvalue weighted by atomic mass is 19.1. The summed E-state index contributed by atoms with van der Waals surface area (Å²) in [6.07, 6.45) is 0. The summed E-state index contributed by atoms with van der Waals surface area (Å²) in [4.78, 5) is 4.32. The predicted octanol–water partition coefficient (Wildman–Crippen LogP) is 1.74. The van der Waals surface area contributed by atoms with Crippen molar-refractivity contribution in [1.82, 2.24) is 4.98 Å². The number of halogens is 1. The highest BCUT2D eigenvalue weighted by molar-refractivity contribution is 5.80. The van der Waals surface area contributed by atoms with Gasteiger partial charge in [-0.25, -0.2) is 9.37 Å². The van der Waals surface area contributed by atoms with E-state index >= 15 is 0 Å². The normalized spacial score (nSPS) is 10.5. The maximum atomic E-state index is 12.9. The second-order valence-electron chi connectivity index (χ2n) is 3.25. The summed E-state index contributed by atoms with van der Waals surface area (Å²) in [6.45, 7) is 1.24. The first kappa shape index (κ1) is 9.86. The lowest BCUT2D eigenvalue weighted by Gasteiger charge is -2.04. The molecule has 0 unspecified atom stereocenters. The van der Waals surface area contributed by atoms with Crippen LogP contribution < -0.4 is 11.1 Å². The van der Waals surface area contributed by atoms with Crippen LogP contribution in [0.25, 0.3) is 10.9 Å². The highest BCUT2D eigenvalue weighted by Gasteiger charge is 1.98. The van der Waals surface area contributed by atoms with E-state index in [1.165, 1.54) is 12.1 Å². The number of nitrogens with one attached hydrogen (secondary N) is 1. The zero-order chi connectivity index (χ0) is 10.7. The Bertz CT molecular complexity index is 470. The molecular formula is C11H12FN3. The molecule has 3 nitrogen and oxygen atoms in total. The molecule has 1 heterocycles. The number of hydrogen-bond donors (Lipinski definition) is 2. The largest absolute Gasteiger partial charge is 0.369 e. The Morgan fingerprint density at radius 2 is 2.13 bits per heavy atom. The number of fused-ring (bicyclic) bond motifs is 1. The molecule has 0 aliphatic heterocycles. The van der Waals surface area contributed by atoms with E-state index < -0.39 is 0 Å². The molecule has 2 aromatic rings. The van der Waals surface area contributed by atoms with Crippen LogP contribution in [0, 0.1) is 5.82 Å².